The second-order valence-corrected chi connectivity index (χ2v) is 4.22. The second-order valence-electron chi connectivity index (χ2n) is 4.22. The van der Waals surface area contributed by atoms with Crippen LogP contribution in [0.5, 0.6) is 0 Å². The van der Waals surface area contributed by atoms with Crippen molar-refractivity contribution < 1.29 is 22.8 Å². The van der Waals surface area contributed by atoms with E-state index in [1.807, 2.05) is 6.92 Å². The van der Waals surface area contributed by atoms with Crippen molar-refractivity contribution in [3.05, 3.63) is 0 Å². The zero-order chi connectivity index (χ0) is 13.5. The predicted molar refractivity (Wildman–Crippen MR) is 58.6 cm³/mol. The lowest BCUT2D eigenvalue weighted by Gasteiger charge is -2.16. The number of halogens is 3. The first-order valence-electron chi connectivity index (χ1n) is 5.90. The SMILES string of the molecule is CCCCCCCC(=O)C(C(C)=O)C(F)(F)F. The number of hydrogen-bond donors (Lipinski definition) is 0. The molecule has 2 nitrogen and oxygen atoms in total. The van der Waals surface area contributed by atoms with Gasteiger partial charge in [-0.25, -0.2) is 0 Å². The quantitative estimate of drug-likeness (QED) is 0.487. The van der Waals surface area contributed by atoms with Crippen molar-refractivity contribution >= 4 is 11.6 Å². The smallest absolute Gasteiger partial charge is 0.299 e. The highest BCUT2D eigenvalue weighted by atomic mass is 19.4. The zero-order valence-electron chi connectivity index (χ0n) is 10.3. The largest absolute Gasteiger partial charge is 0.405 e. The summed E-state index contributed by atoms with van der Waals surface area (Å²) < 4.78 is 37.2. The molecule has 0 aliphatic rings. The fraction of sp³-hybridized carbons (Fsp3) is 0.833. The van der Waals surface area contributed by atoms with Crippen LogP contribution in [0.2, 0.25) is 0 Å². The van der Waals surface area contributed by atoms with Crippen molar-refractivity contribution in [2.75, 3.05) is 0 Å². The number of hydrogen-bond acceptors (Lipinski definition) is 2. The van der Waals surface area contributed by atoms with Gasteiger partial charge in [0.25, 0.3) is 0 Å². The van der Waals surface area contributed by atoms with E-state index in [1.165, 1.54) is 0 Å². The minimum Gasteiger partial charge on any atom is -0.299 e. The van der Waals surface area contributed by atoms with Crippen LogP contribution in [0, 0.1) is 5.92 Å². The predicted octanol–water partition coefficient (Wildman–Crippen LogP) is 3.68. The van der Waals surface area contributed by atoms with Gasteiger partial charge in [-0.1, -0.05) is 32.6 Å². The van der Waals surface area contributed by atoms with E-state index in [2.05, 4.69) is 0 Å². The van der Waals surface area contributed by atoms with Crippen molar-refractivity contribution in [3.8, 4) is 0 Å². The van der Waals surface area contributed by atoms with Crippen LogP contribution in [0.15, 0.2) is 0 Å². The van der Waals surface area contributed by atoms with E-state index in [1.54, 1.807) is 0 Å². The average molecular weight is 252 g/mol. The highest BCUT2D eigenvalue weighted by Gasteiger charge is 2.47. The number of alkyl halides is 3. The third kappa shape index (κ3) is 6.44. The van der Waals surface area contributed by atoms with Gasteiger partial charge in [-0.15, -0.1) is 0 Å². The van der Waals surface area contributed by atoms with Crippen molar-refractivity contribution in [2.24, 2.45) is 5.92 Å². The third-order valence-electron chi connectivity index (χ3n) is 2.58. The molecule has 0 fully saturated rings. The van der Waals surface area contributed by atoms with E-state index in [-0.39, 0.29) is 6.42 Å². The Kier molecular flexibility index (Phi) is 7.07. The van der Waals surface area contributed by atoms with Crippen LogP contribution in [0.25, 0.3) is 0 Å². The van der Waals surface area contributed by atoms with Crippen LogP contribution < -0.4 is 0 Å². The molecular formula is C12H19F3O2. The first-order chi connectivity index (χ1) is 7.80. The van der Waals surface area contributed by atoms with Gasteiger partial charge in [0.1, 0.15) is 5.78 Å². The van der Waals surface area contributed by atoms with Crippen molar-refractivity contribution in [3.63, 3.8) is 0 Å². The molecule has 100 valence electrons. The van der Waals surface area contributed by atoms with Crippen LogP contribution >= 0.6 is 0 Å². The Hall–Kier alpha value is -0.870. The fourth-order valence-corrected chi connectivity index (χ4v) is 1.69. The summed E-state index contributed by atoms with van der Waals surface area (Å²) in [5, 5.41) is 0. The van der Waals surface area contributed by atoms with Crippen LogP contribution in [0.4, 0.5) is 13.2 Å². The molecule has 0 N–H and O–H groups in total. The Morgan fingerprint density at radius 3 is 2.00 bits per heavy atom. The molecule has 1 unspecified atom stereocenters. The molecule has 1 atom stereocenters. The zero-order valence-corrected chi connectivity index (χ0v) is 10.3. The van der Waals surface area contributed by atoms with Crippen LogP contribution in [-0.2, 0) is 9.59 Å². The monoisotopic (exact) mass is 252 g/mol. The summed E-state index contributed by atoms with van der Waals surface area (Å²) in [4.78, 5) is 22.1. The Labute approximate surface area is 99.6 Å². The minimum absolute atomic E-state index is 0.159. The van der Waals surface area contributed by atoms with Gasteiger partial charge in [0.15, 0.2) is 11.7 Å². The summed E-state index contributed by atoms with van der Waals surface area (Å²) in [6.45, 7) is 2.84. The van der Waals surface area contributed by atoms with Gasteiger partial charge < -0.3 is 0 Å². The van der Waals surface area contributed by atoms with Gasteiger partial charge >= 0.3 is 6.18 Å². The minimum atomic E-state index is -4.74. The van der Waals surface area contributed by atoms with E-state index >= 15 is 0 Å². The molecule has 5 heteroatoms. The van der Waals surface area contributed by atoms with Crippen molar-refractivity contribution in [1.82, 2.24) is 0 Å². The summed E-state index contributed by atoms with van der Waals surface area (Å²) >= 11 is 0. The fourth-order valence-electron chi connectivity index (χ4n) is 1.69. The normalized spacial score (nSPS) is 13.5. The molecule has 0 amide bonds. The van der Waals surface area contributed by atoms with Crippen molar-refractivity contribution in [2.45, 2.75) is 58.5 Å². The Morgan fingerprint density at radius 1 is 1.06 bits per heavy atom. The maximum absolute atomic E-state index is 12.4. The maximum Gasteiger partial charge on any atom is 0.405 e. The van der Waals surface area contributed by atoms with Gasteiger partial charge in [-0.05, 0) is 13.3 Å². The lowest BCUT2D eigenvalue weighted by Crippen LogP contribution is -2.36. The maximum atomic E-state index is 12.4. The first kappa shape index (κ1) is 16.1. The van der Waals surface area contributed by atoms with Crippen LogP contribution in [0.1, 0.15) is 52.4 Å². The standard InChI is InChI=1S/C12H19F3O2/c1-3-4-5-6-7-8-10(17)11(9(2)16)12(13,14)15/h11H,3-8H2,1-2H3. The number of Topliss-reactive ketones (excluding diaryl/α,β-unsaturated/α-hetero) is 2. The summed E-state index contributed by atoms with van der Waals surface area (Å²) in [5.74, 6) is -4.54. The molecule has 0 saturated heterocycles. The lowest BCUT2D eigenvalue weighted by molar-refractivity contribution is -0.184. The highest BCUT2D eigenvalue weighted by molar-refractivity contribution is 6.02. The molecule has 0 bridgehead atoms. The summed E-state index contributed by atoms with van der Waals surface area (Å²) in [6, 6.07) is 0. The summed E-state index contributed by atoms with van der Waals surface area (Å²) in [7, 11) is 0. The van der Waals surface area contributed by atoms with Crippen LogP contribution in [0.3, 0.4) is 0 Å². The second kappa shape index (κ2) is 7.45. The summed E-state index contributed by atoms with van der Waals surface area (Å²) in [6.07, 6.45) is -0.767. The van der Waals surface area contributed by atoms with Gasteiger partial charge in [-0.2, -0.15) is 13.2 Å². The van der Waals surface area contributed by atoms with E-state index in [0.29, 0.717) is 6.42 Å². The Morgan fingerprint density at radius 2 is 1.59 bits per heavy atom. The first-order valence-corrected chi connectivity index (χ1v) is 5.90. The Balaban J connectivity index is 4.13. The van der Waals surface area contributed by atoms with Gasteiger partial charge in [0, 0.05) is 6.42 Å². The van der Waals surface area contributed by atoms with E-state index in [4.69, 9.17) is 0 Å². The van der Waals surface area contributed by atoms with Gasteiger partial charge in [-0.3, -0.25) is 9.59 Å². The van der Waals surface area contributed by atoms with E-state index < -0.39 is 23.7 Å². The third-order valence-corrected chi connectivity index (χ3v) is 2.58. The number of carbonyl (C=O) groups is 2. The highest BCUT2D eigenvalue weighted by Crippen LogP contribution is 2.29. The Bertz CT molecular complexity index is 259. The molecule has 17 heavy (non-hydrogen) atoms. The molecular weight excluding hydrogens is 233 g/mol. The molecule has 0 heterocycles. The van der Waals surface area contributed by atoms with E-state index in [0.717, 1.165) is 32.6 Å². The number of carbonyl (C=O) groups excluding carboxylic acids is 2. The van der Waals surface area contributed by atoms with Gasteiger partial charge in [0.05, 0.1) is 0 Å². The summed E-state index contributed by atoms with van der Waals surface area (Å²) in [5.41, 5.74) is 0. The van der Waals surface area contributed by atoms with Crippen molar-refractivity contribution in [1.29, 1.82) is 0 Å². The number of unbranched alkanes of at least 4 members (excludes halogenated alkanes) is 4. The van der Waals surface area contributed by atoms with Gasteiger partial charge in [0.2, 0.25) is 0 Å². The van der Waals surface area contributed by atoms with E-state index in [9.17, 15) is 22.8 Å². The molecule has 0 aliphatic heterocycles. The molecule has 0 radical (unpaired) electrons. The molecule has 0 rings (SSSR count). The number of ketones is 2. The molecule has 0 saturated carbocycles. The number of rotatable bonds is 8. The topological polar surface area (TPSA) is 34.1 Å². The molecule has 0 aromatic rings. The molecule has 0 aliphatic carbocycles. The van der Waals surface area contributed by atoms with Crippen LogP contribution in [-0.4, -0.2) is 17.7 Å². The molecule has 0 spiro atoms. The average Bonchev–Trinajstić information content (AvgIpc) is 2.14. The molecule has 0 aromatic carbocycles. The lowest BCUT2D eigenvalue weighted by atomic mass is 9.95. The molecule has 0 aromatic heterocycles.